The van der Waals surface area contributed by atoms with Crippen LogP contribution in [-0.4, -0.2) is 11.5 Å². The van der Waals surface area contributed by atoms with E-state index in [0.717, 1.165) is 49.6 Å². The van der Waals surface area contributed by atoms with Crippen LogP contribution in [0.4, 0.5) is 0 Å². The first-order chi connectivity index (χ1) is 12.1. The summed E-state index contributed by atoms with van der Waals surface area (Å²) in [7, 11) is 0. The molecule has 2 aromatic rings. The topological polar surface area (TPSA) is 64.9 Å². The highest BCUT2D eigenvalue weighted by Crippen LogP contribution is 2.38. The van der Waals surface area contributed by atoms with Gasteiger partial charge in [-0.3, -0.25) is 4.98 Å². The average molecular weight is 380 g/mol. The monoisotopic (exact) mass is 379 g/mol. The Hall–Kier alpha value is -0.870. The van der Waals surface area contributed by atoms with Gasteiger partial charge in [0.2, 0.25) is 0 Å². The van der Waals surface area contributed by atoms with Gasteiger partial charge in [-0.1, -0.05) is 42.5 Å². The molecule has 3 nitrogen and oxygen atoms in total. The molecule has 0 saturated heterocycles. The number of pyridine rings is 1. The summed E-state index contributed by atoms with van der Waals surface area (Å²) < 4.78 is 0. The van der Waals surface area contributed by atoms with Crippen LogP contribution in [0.1, 0.15) is 67.8 Å². The molecule has 1 atom stereocenters. The zero-order valence-electron chi connectivity index (χ0n) is 14.7. The molecule has 0 bridgehead atoms. The van der Waals surface area contributed by atoms with Crippen LogP contribution in [0, 0.1) is 0 Å². The third-order valence-corrected chi connectivity index (χ3v) is 5.68. The van der Waals surface area contributed by atoms with Crippen molar-refractivity contribution in [3.63, 3.8) is 0 Å². The summed E-state index contributed by atoms with van der Waals surface area (Å²) in [5.74, 6) is 0. The van der Waals surface area contributed by atoms with Gasteiger partial charge in [0.1, 0.15) is 0 Å². The molecule has 1 aromatic heterocycles. The van der Waals surface area contributed by atoms with E-state index in [9.17, 15) is 0 Å². The Labute approximate surface area is 160 Å². The lowest BCUT2D eigenvalue weighted by Gasteiger charge is -2.25. The number of nitrogens with zero attached hydrogens (tertiary/aromatic N) is 1. The van der Waals surface area contributed by atoms with Crippen molar-refractivity contribution >= 4 is 34.1 Å². The lowest BCUT2D eigenvalue weighted by Crippen LogP contribution is -2.18. The SMILES string of the molecule is NCCCCCCC(N)c1c2c(nc3cc(Cl)cc(Cl)c13)CCCC2. The third-order valence-electron chi connectivity index (χ3n) is 5.16. The second-order valence-electron chi connectivity index (χ2n) is 7.04. The summed E-state index contributed by atoms with van der Waals surface area (Å²) in [6.45, 7) is 0.769. The number of fused-ring (bicyclic) bond motifs is 2. The van der Waals surface area contributed by atoms with Gasteiger partial charge in [-0.15, -0.1) is 0 Å². The van der Waals surface area contributed by atoms with Crippen molar-refractivity contribution in [2.24, 2.45) is 11.5 Å². The van der Waals surface area contributed by atoms with Gasteiger partial charge < -0.3 is 11.5 Å². The van der Waals surface area contributed by atoms with Crippen molar-refractivity contribution < 1.29 is 0 Å². The van der Waals surface area contributed by atoms with Gasteiger partial charge in [-0.2, -0.15) is 0 Å². The molecule has 25 heavy (non-hydrogen) atoms. The Balaban J connectivity index is 1.96. The summed E-state index contributed by atoms with van der Waals surface area (Å²) in [5, 5.41) is 2.29. The van der Waals surface area contributed by atoms with E-state index >= 15 is 0 Å². The molecule has 0 amide bonds. The van der Waals surface area contributed by atoms with Crippen LogP contribution in [-0.2, 0) is 12.8 Å². The second kappa shape index (κ2) is 8.68. The average Bonchev–Trinajstić information content (AvgIpc) is 2.59. The van der Waals surface area contributed by atoms with Crippen LogP contribution < -0.4 is 11.5 Å². The van der Waals surface area contributed by atoms with Gasteiger partial charge in [-0.05, 0) is 68.3 Å². The predicted octanol–water partition coefficient (Wildman–Crippen LogP) is 5.33. The summed E-state index contributed by atoms with van der Waals surface area (Å²) in [5.41, 5.74) is 16.8. The summed E-state index contributed by atoms with van der Waals surface area (Å²) in [4.78, 5) is 4.86. The van der Waals surface area contributed by atoms with E-state index < -0.39 is 0 Å². The normalized spacial score (nSPS) is 15.4. The fourth-order valence-electron chi connectivity index (χ4n) is 3.93. The highest BCUT2D eigenvalue weighted by Gasteiger charge is 2.23. The molecule has 0 radical (unpaired) electrons. The Morgan fingerprint density at radius 1 is 1.04 bits per heavy atom. The number of benzene rings is 1. The van der Waals surface area contributed by atoms with Crippen LogP contribution >= 0.6 is 23.2 Å². The van der Waals surface area contributed by atoms with Crippen molar-refractivity contribution in [3.8, 4) is 0 Å². The summed E-state index contributed by atoms with van der Waals surface area (Å²) in [6.07, 6.45) is 9.98. The molecule has 1 aliphatic carbocycles. The number of nitrogens with two attached hydrogens (primary N) is 2. The van der Waals surface area contributed by atoms with E-state index in [1.807, 2.05) is 6.07 Å². The van der Waals surface area contributed by atoms with Crippen LogP contribution in [0.5, 0.6) is 0 Å². The van der Waals surface area contributed by atoms with E-state index in [2.05, 4.69) is 0 Å². The van der Waals surface area contributed by atoms with Crippen molar-refractivity contribution in [1.82, 2.24) is 4.98 Å². The molecule has 1 heterocycles. The number of hydrogen-bond acceptors (Lipinski definition) is 3. The van der Waals surface area contributed by atoms with Crippen molar-refractivity contribution in [2.45, 2.75) is 63.8 Å². The van der Waals surface area contributed by atoms with Crippen molar-refractivity contribution in [2.75, 3.05) is 6.54 Å². The number of rotatable bonds is 7. The molecule has 1 unspecified atom stereocenters. The first-order valence-corrected chi connectivity index (χ1v) is 10.1. The molecule has 3 rings (SSSR count). The Morgan fingerprint density at radius 3 is 2.60 bits per heavy atom. The first-order valence-electron chi connectivity index (χ1n) is 9.38. The molecule has 0 spiro atoms. The van der Waals surface area contributed by atoms with Crippen LogP contribution in [0.2, 0.25) is 10.0 Å². The third kappa shape index (κ3) is 4.28. The molecular formula is C20H27Cl2N3. The molecular weight excluding hydrogens is 353 g/mol. The lowest BCUT2D eigenvalue weighted by atomic mass is 9.85. The van der Waals surface area contributed by atoms with Crippen LogP contribution in [0.15, 0.2) is 12.1 Å². The highest BCUT2D eigenvalue weighted by atomic mass is 35.5. The lowest BCUT2D eigenvalue weighted by molar-refractivity contribution is 0.554. The van der Waals surface area contributed by atoms with Crippen molar-refractivity contribution in [1.29, 1.82) is 0 Å². The fourth-order valence-corrected chi connectivity index (χ4v) is 4.51. The Kier molecular flexibility index (Phi) is 6.56. The van der Waals surface area contributed by atoms with E-state index in [1.54, 1.807) is 6.07 Å². The molecule has 5 heteroatoms. The summed E-state index contributed by atoms with van der Waals surface area (Å²) >= 11 is 12.8. The van der Waals surface area contributed by atoms with Gasteiger partial charge in [-0.25, -0.2) is 0 Å². The van der Waals surface area contributed by atoms with Crippen LogP contribution in [0.3, 0.4) is 0 Å². The van der Waals surface area contributed by atoms with Gasteiger partial charge in [0.15, 0.2) is 0 Å². The zero-order chi connectivity index (χ0) is 17.8. The zero-order valence-corrected chi connectivity index (χ0v) is 16.2. The molecule has 1 aliphatic rings. The molecule has 0 saturated carbocycles. The fraction of sp³-hybridized carbons (Fsp3) is 0.550. The second-order valence-corrected chi connectivity index (χ2v) is 7.88. The largest absolute Gasteiger partial charge is 0.330 e. The predicted molar refractivity (Wildman–Crippen MR) is 107 cm³/mol. The quantitative estimate of drug-likeness (QED) is 0.638. The maximum absolute atomic E-state index is 6.66. The maximum atomic E-state index is 6.66. The number of aromatic nitrogens is 1. The summed E-state index contributed by atoms with van der Waals surface area (Å²) in [6, 6.07) is 3.71. The Morgan fingerprint density at radius 2 is 1.80 bits per heavy atom. The minimum Gasteiger partial charge on any atom is -0.330 e. The number of unbranched alkanes of at least 4 members (excludes halogenated alkanes) is 3. The van der Waals surface area contributed by atoms with Gasteiger partial charge in [0.25, 0.3) is 0 Å². The molecule has 0 fully saturated rings. The van der Waals surface area contributed by atoms with Gasteiger partial charge in [0.05, 0.1) is 10.5 Å². The minimum atomic E-state index is -0.00565. The standard InChI is InChI=1S/C20H27Cl2N3/c21-13-11-15(22)20-18(12-13)25-17-9-5-4-7-14(17)19(20)16(24)8-3-1-2-6-10-23/h11-12,16H,1-10,23-24H2. The van der Waals surface area contributed by atoms with E-state index in [-0.39, 0.29) is 6.04 Å². The maximum Gasteiger partial charge on any atom is 0.0738 e. The first kappa shape index (κ1) is 18.9. The van der Waals surface area contributed by atoms with E-state index in [0.29, 0.717) is 10.0 Å². The molecule has 1 aromatic carbocycles. The molecule has 4 N–H and O–H groups in total. The van der Waals surface area contributed by atoms with Gasteiger partial charge in [0, 0.05) is 22.1 Å². The molecule has 136 valence electrons. The highest BCUT2D eigenvalue weighted by molar-refractivity contribution is 6.38. The van der Waals surface area contributed by atoms with E-state index in [1.165, 1.54) is 42.5 Å². The number of hydrogen-bond donors (Lipinski definition) is 2. The number of halogens is 2. The molecule has 0 aliphatic heterocycles. The minimum absolute atomic E-state index is 0.00565. The van der Waals surface area contributed by atoms with Crippen LogP contribution in [0.25, 0.3) is 10.9 Å². The van der Waals surface area contributed by atoms with Gasteiger partial charge >= 0.3 is 0 Å². The number of aryl methyl sites for hydroxylation is 1. The Bertz CT molecular complexity index is 746. The smallest absolute Gasteiger partial charge is 0.0738 e. The van der Waals surface area contributed by atoms with Crippen molar-refractivity contribution in [3.05, 3.63) is 39.0 Å². The van der Waals surface area contributed by atoms with E-state index in [4.69, 9.17) is 39.7 Å².